The van der Waals surface area contributed by atoms with Crippen molar-refractivity contribution in [3.8, 4) is 0 Å². The summed E-state index contributed by atoms with van der Waals surface area (Å²) < 4.78 is 6.96. The van der Waals surface area contributed by atoms with Crippen molar-refractivity contribution in [2.75, 3.05) is 6.54 Å². The van der Waals surface area contributed by atoms with Crippen molar-refractivity contribution >= 4 is 17.5 Å². The van der Waals surface area contributed by atoms with Gasteiger partial charge in [-0.25, -0.2) is 0 Å². The van der Waals surface area contributed by atoms with E-state index in [1.807, 2.05) is 25.1 Å². The molecule has 2 rings (SSSR count). The Morgan fingerprint density at radius 3 is 3.00 bits per heavy atom. The summed E-state index contributed by atoms with van der Waals surface area (Å²) in [5.74, 6) is 0.817. The van der Waals surface area contributed by atoms with Crippen LogP contribution in [0.1, 0.15) is 12.7 Å². The van der Waals surface area contributed by atoms with Gasteiger partial charge in [-0.1, -0.05) is 12.2 Å². The van der Waals surface area contributed by atoms with Crippen LogP contribution in [-0.4, -0.2) is 11.0 Å². The summed E-state index contributed by atoms with van der Waals surface area (Å²) in [4.78, 5) is 0. The van der Waals surface area contributed by atoms with Crippen molar-refractivity contribution in [2.45, 2.75) is 6.92 Å². The fourth-order valence-electron chi connectivity index (χ4n) is 1.41. The predicted octanol–water partition coefficient (Wildman–Crippen LogP) is 3.04. The van der Waals surface area contributed by atoms with Gasteiger partial charge in [-0.15, -0.1) is 0 Å². The normalized spacial score (nSPS) is 16.9. The molecule has 2 heterocycles. The van der Waals surface area contributed by atoms with Gasteiger partial charge in [-0.05, 0) is 24.6 Å². The third-order valence-electron chi connectivity index (χ3n) is 2.00. The van der Waals surface area contributed by atoms with E-state index < -0.39 is 0 Å². The molecule has 1 aromatic rings. The topological polar surface area (TPSA) is 16.4 Å². The SMILES string of the molecule is CC1=C(c2ccco2)N(Cl)CC=C1. The van der Waals surface area contributed by atoms with Crippen LogP contribution in [0.3, 0.4) is 0 Å². The van der Waals surface area contributed by atoms with Crippen LogP contribution in [0, 0.1) is 0 Å². The minimum absolute atomic E-state index is 0.717. The molecule has 1 aliphatic rings. The lowest BCUT2D eigenvalue weighted by Crippen LogP contribution is -2.14. The van der Waals surface area contributed by atoms with Gasteiger partial charge in [0.05, 0.1) is 18.5 Å². The van der Waals surface area contributed by atoms with Crippen LogP contribution in [0.5, 0.6) is 0 Å². The number of hydrogen-bond donors (Lipinski definition) is 0. The largest absolute Gasteiger partial charge is 0.463 e. The predicted molar refractivity (Wildman–Crippen MR) is 53.0 cm³/mol. The fraction of sp³-hybridized carbons (Fsp3) is 0.200. The molecule has 68 valence electrons. The van der Waals surface area contributed by atoms with Crippen molar-refractivity contribution < 1.29 is 4.42 Å². The Morgan fingerprint density at radius 2 is 2.38 bits per heavy atom. The molecule has 13 heavy (non-hydrogen) atoms. The maximum atomic E-state index is 6.03. The molecule has 0 saturated carbocycles. The highest BCUT2D eigenvalue weighted by Crippen LogP contribution is 2.28. The van der Waals surface area contributed by atoms with E-state index in [9.17, 15) is 0 Å². The minimum Gasteiger partial charge on any atom is -0.463 e. The first-order valence-electron chi connectivity index (χ1n) is 4.13. The molecule has 3 heteroatoms. The van der Waals surface area contributed by atoms with E-state index in [4.69, 9.17) is 16.2 Å². The molecule has 0 saturated heterocycles. The molecule has 0 spiro atoms. The van der Waals surface area contributed by atoms with E-state index in [2.05, 4.69) is 6.08 Å². The lowest BCUT2D eigenvalue weighted by molar-refractivity contribution is 0.529. The second kappa shape index (κ2) is 3.30. The first kappa shape index (κ1) is 8.45. The molecule has 0 aliphatic carbocycles. The smallest absolute Gasteiger partial charge is 0.151 e. The highest BCUT2D eigenvalue weighted by Gasteiger charge is 2.16. The lowest BCUT2D eigenvalue weighted by atomic mass is 10.1. The molecule has 2 nitrogen and oxygen atoms in total. The molecule has 0 aromatic carbocycles. The average Bonchev–Trinajstić information content (AvgIpc) is 2.57. The van der Waals surface area contributed by atoms with Gasteiger partial charge in [-0.2, -0.15) is 0 Å². The van der Waals surface area contributed by atoms with E-state index in [0.29, 0.717) is 0 Å². The van der Waals surface area contributed by atoms with Gasteiger partial charge in [0.1, 0.15) is 0 Å². The third kappa shape index (κ3) is 1.49. The third-order valence-corrected chi connectivity index (χ3v) is 2.31. The number of rotatable bonds is 1. The van der Waals surface area contributed by atoms with Crippen molar-refractivity contribution in [2.24, 2.45) is 0 Å². The van der Waals surface area contributed by atoms with Gasteiger partial charge < -0.3 is 4.42 Å². The second-order valence-corrected chi connectivity index (χ2v) is 3.36. The van der Waals surface area contributed by atoms with Gasteiger partial charge in [-0.3, -0.25) is 4.42 Å². The summed E-state index contributed by atoms with van der Waals surface area (Å²) >= 11 is 6.03. The summed E-state index contributed by atoms with van der Waals surface area (Å²) in [7, 11) is 0. The molecule has 1 aliphatic heterocycles. The Kier molecular flexibility index (Phi) is 2.15. The van der Waals surface area contributed by atoms with Gasteiger partial charge in [0.2, 0.25) is 0 Å². The molecule has 0 bridgehead atoms. The van der Waals surface area contributed by atoms with Crippen molar-refractivity contribution in [1.29, 1.82) is 0 Å². The highest BCUT2D eigenvalue weighted by molar-refractivity contribution is 6.17. The molecule has 0 unspecified atom stereocenters. The number of nitrogens with zero attached hydrogens (tertiary/aromatic N) is 1. The Bertz CT molecular complexity index is 351. The second-order valence-electron chi connectivity index (χ2n) is 2.96. The quantitative estimate of drug-likeness (QED) is 0.641. The zero-order valence-electron chi connectivity index (χ0n) is 7.33. The maximum absolute atomic E-state index is 6.03. The molecule has 0 radical (unpaired) electrons. The lowest BCUT2D eigenvalue weighted by Gasteiger charge is -2.21. The summed E-state index contributed by atoms with van der Waals surface area (Å²) in [5, 5.41) is 0. The maximum Gasteiger partial charge on any atom is 0.151 e. The van der Waals surface area contributed by atoms with Crippen LogP contribution >= 0.6 is 11.8 Å². The minimum atomic E-state index is 0.717. The number of hydrogen-bond acceptors (Lipinski definition) is 2. The van der Waals surface area contributed by atoms with Crippen LogP contribution in [0.4, 0.5) is 0 Å². The van der Waals surface area contributed by atoms with E-state index in [1.54, 1.807) is 10.7 Å². The Labute approximate surface area is 82.2 Å². The molecule has 0 N–H and O–H groups in total. The highest BCUT2D eigenvalue weighted by atomic mass is 35.5. The number of halogens is 1. The van der Waals surface area contributed by atoms with Crippen LogP contribution in [0.2, 0.25) is 0 Å². The first-order valence-corrected chi connectivity index (χ1v) is 4.47. The van der Waals surface area contributed by atoms with Crippen LogP contribution in [0.15, 0.2) is 40.5 Å². The standard InChI is InChI=1S/C10H10ClNO/c1-8-4-2-6-12(11)10(8)9-5-3-7-13-9/h2-5,7H,6H2,1H3. The molecule has 0 atom stereocenters. The summed E-state index contributed by atoms with van der Waals surface area (Å²) in [6.45, 7) is 2.73. The van der Waals surface area contributed by atoms with E-state index >= 15 is 0 Å². The first-order chi connectivity index (χ1) is 6.29. The summed E-state index contributed by atoms with van der Waals surface area (Å²) in [5.41, 5.74) is 2.07. The monoisotopic (exact) mass is 195 g/mol. The zero-order valence-corrected chi connectivity index (χ0v) is 8.08. The Hall–Kier alpha value is -1.15. The number of allylic oxidation sites excluding steroid dienone is 2. The summed E-state index contributed by atoms with van der Waals surface area (Å²) in [6, 6.07) is 3.77. The van der Waals surface area contributed by atoms with E-state index in [-0.39, 0.29) is 0 Å². The average molecular weight is 196 g/mol. The Balaban J connectivity index is 2.45. The van der Waals surface area contributed by atoms with Crippen molar-refractivity contribution in [1.82, 2.24) is 4.42 Å². The number of furan rings is 1. The van der Waals surface area contributed by atoms with Crippen LogP contribution < -0.4 is 0 Å². The summed E-state index contributed by atoms with van der Waals surface area (Å²) in [6.07, 6.45) is 5.73. The van der Waals surface area contributed by atoms with Gasteiger partial charge in [0.15, 0.2) is 5.76 Å². The molecule has 0 fully saturated rings. The Morgan fingerprint density at radius 1 is 1.54 bits per heavy atom. The molecule has 1 aromatic heterocycles. The molecule has 0 amide bonds. The van der Waals surface area contributed by atoms with E-state index in [1.165, 1.54) is 0 Å². The fourth-order valence-corrected chi connectivity index (χ4v) is 1.71. The van der Waals surface area contributed by atoms with Crippen molar-refractivity contribution in [3.05, 3.63) is 41.9 Å². The van der Waals surface area contributed by atoms with Crippen LogP contribution in [0.25, 0.3) is 5.70 Å². The zero-order chi connectivity index (χ0) is 9.26. The molecular weight excluding hydrogens is 186 g/mol. The van der Waals surface area contributed by atoms with E-state index in [0.717, 1.165) is 23.6 Å². The van der Waals surface area contributed by atoms with Gasteiger partial charge in [0.25, 0.3) is 0 Å². The van der Waals surface area contributed by atoms with Crippen LogP contribution in [-0.2, 0) is 0 Å². The molecular formula is C10H10ClNO. The van der Waals surface area contributed by atoms with Gasteiger partial charge >= 0.3 is 0 Å². The van der Waals surface area contributed by atoms with Gasteiger partial charge in [0, 0.05) is 11.8 Å². The van der Waals surface area contributed by atoms with Crippen molar-refractivity contribution in [3.63, 3.8) is 0 Å².